The Kier molecular flexibility index (Phi) is 3.57. The zero-order valence-corrected chi connectivity index (χ0v) is 12.6. The lowest BCUT2D eigenvalue weighted by molar-refractivity contribution is -0.124. The molecule has 1 aromatic heterocycles. The van der Waals surface area contributed by atoms with Crippen LogP contribution in [0, 0.1) is 0 Å². The number of carbonyl (C=O) groups excluding carboxylic acids is 1. The first-order valence-electron chi connectivity index (χ1n) is 6.68. The van der Waals surface area contributed by atoms with Gasteiger partial charge in [-0.05, 0) is 42.7 Å². The van der Waals surface area contributed by atoms with Gasteiger partial charge in [-0.3, -0.25) is 9.78 Å². The first-order valence-corrected chi connectivity index (χ1v) is 7.47. The van der Waals surface area contributed by atoms with Gasteiger partial charge in [-0.1, -0.05) is 34.5 Å². The van der Waals surface area contributed by atoms with Crippen LogP contribution in [0.25, 0.3) is 0 Å². The molecule has 0 radical (unpaired) electrons. The Bertz CT molecular complexity index is 606. The molecule has 1 aromatic carbocycles. The number of amides is 1. The van der Waals surface area contributed by atoms with Crippen LogP contribution in [0.1, 0.15) is 24.8 Å². The van der Waals surface area contributed by atoms with Gasteiger partial charge < -0.3 is 5.32 Å². The molecule has 102 valence electrons. The summed E-state index contributed by atoms with van der Waals surface area (Å²) in [5.41, 5.74) is 1.52. The van der Waals surface area contributed by atoms with Crippen LogP contribution in [-0.4, -0.2) is 10.9 Å². The molecule has 2 aromatic rings. The number of hydrogen-bond donors (Lipinski definition) is 1. The fourth-order valence-corrected chi connectivity index (χ4v) is 2.90. The second-order valence-electron chi connectivity index (χ2n) is 5.13. The van der Waals surface area contributed by atoms with Gasteiger partial charge in [0.25, 0.3) is 0 Å². The Morgan fingerprint density at radius 3 is 2.30 bits per heavy atom. The molecule has 1 aliphatic rings. The molecule has 4 heteroatoms. The maximum Gasteiger partial charge on any atom is 0.235 e. The van der Waals surface area contributed by atoms with E-state index in [2.05, 4.69) is 26.2 Å². The van der Waals surface area contributed by atoms with E-state index in [1.165, 1.54) is 0 Å². The van der Waals surface area contributed by atoms with E-state index >= 15 is 0 Å². The Morgan fingerprint density at radius 2 is 1.75 bits per heavy atom. The van der Waals surface area contributed by atoms with E-state index in [0.717, 1.165) is 35.0 Å². The first kappa shape index (κ1) is 13.3. The molecule has 0 aliphatic heterocycles. The van der Waals surface area contributed by atoms with Gasteiger partial charge in [-0.25, -0.2) is 0 Å². The van der Waals surface area contributed by atoms with Crippen molar-refractivity contribution in [2.45, 2.75) is 24.7 Å². The third-order valence-corrected chi connectivity index (χ3v) is 4.51. The van der Waals surface area contributed by atoms with Gasteiger partial charge in [0.15, 0.2) is 0 Å². The van der Waals surface area contributed by atoms with Crippen LogP contribution in [0.3, 0.4) is 0 Å². The molecule has 1 amide bonds. The molecule has 20 heavy (non-hydrogen) atoms. The van der Waals surface area contributed by atoms with Crippen molar-refractivity contribution in [3.8, 4) is 0 Å². The fourth-order valence-electron chi connectivity index (χ4n) is 2.63. The topological polar surface area (TPSA) is 42.0 Å². The highest BCUT2D eigenvalue weighted by Crippen LogP contribution is 2.44. The van der Waals surface area contributed by atoms with Gasteiger partial charge >= 0.3 is 0 Å². The summed E-state index contributed by atoms with van der Waals surface area (Å²) in [5, 5.41) is 3.01. The molecule has 0 bridgehead atoms. The summed E-state index contributed by atoms with van der Waals surface area (Å²) < 4.78 is 1.03. The van der Waals surface area contributed by atoms with E-state index in [9.17, 15) is 4.79 Å². The van der Waals surface area contributed by atoms with E-state index in [1.807, 2.05) is 36.4 Å². The normalized spacial score (nSPS) is 16.2. The molecule has 1 saturated carbocycles. The minimum Gasteiger partial charge on any atom is -0.325 e. The number of aromatic nitrogens is 1. The summed E-state index contributed by atoms with van der Waals surface area (Å²) in [6, 6.07) is 11.7. The number of benzene rings is 1. The number of anilines is 1. The van der Waals surface area contributed by atoms with Gasteiger partial charge in [0.2, 0.25) is 5.91 Å². The highest BCUT2D eigenvalue weighted by molar-refractivity contribution is 9.10. The van der Waals surface area contributed by atoms with Crippen molar-refractivity contribution < 1.29 is 4.79 Å². The molecule has 3 nitrogen and oxygen atoms in total. The molecule has 1 N–H and O–H groups in total. The Morgan fingerprint density at radius 1 is 1.10 bits per heavy atom. The van der Waals surface area contributed by atoms with Crippen molar-refractivity contribution in [2.24, 2.45) is 0 Å². The van der Waals surface area contributed by atoms with Gasteiger partial charge in [0, 0.05) is 22.6 Å². The monoisotopic (exact) mass is 330 g/mol. The van der Waals surface area contributed by atoms with Crippen molar-refractivity contribution in [3.05, 3.63) is 58.8 Å². The minimum absolute atomic E-state index is 0.0808. The highest BCUT2D eigenvalue weighted by Gasteiger charge is 2.45. The SMILES string of the molecule is O=C(Nc1ccncc1)C1(c2ccc(Br)cc2)CCC1. The lowest BCUT2D eigenvalue weighted by Crippen LogP contribution is -2.45. The van der Waals surface area contributed by atoms with Crippen LogP contribution in [0.4, 0.5) is 5.69 Å². The Hall–Kier alpha value is -1.68. The van der Waals surface area contributed by atoms with Crippen molar-refractivity contribution in [2.75, 3.05) is 5.32 Å². The zero-order chi connectivity index (χ0) is 14.0. The van der Waals surface area contributed by atoms with E-state index in [0.29, 0.717) is 0 Å². The predicted octanol–water partition coefficient (Wildman–Crippen LogP) is 3.90. The third kappa shape index (κ3) is 2.36. The van der Waals surface area contributed by atoms with Crippen LogP contribution >= 0.6 is 15.9 Å². The number of halogens is 1. The maximum absolute atomic E-state index is 12.7. The molecule has 1 heterocycles. The molecule has 3 rings (SSSR count). The summed E-state index contributed by atoms with van der Waals surface area (Å²) in [6.07, 6.45) is 6.28. The zero-order valence-electron chi connectivity index (χ0n) is 11.0. The van der Waals surface area contributed by atoms with Crippen molar-refractivity contribution >= 4 is 27.5 Å². The first-order chi connectivity index (χ1) is 9.71. The smallest absolute Gasteiger partial charge is 0.235 e. The second-order valence-corrected chi connectivity index (χ2v) is 6.05. The van der Waals surface area contributed by atoms with Crippen LogP contribution in [-0.2, 0) is 10.2 Å². The largest absolute Gasteiger partial charge is 0.325 e. The van der Waals surface area contributed by atoms with E-state index in [-0.39, 0.29) is 11.3 Å². The number of rotatable bonds is 3. The van der Waals surface area contributed by atoms with E-state index in [1.54, 1.807) is 12.4 Å². The number of pyridine rings is 1. The molecule has 0 unspecified atom stereocenters. The summed E-state index contributed by atoms with van der Waals surface area (Å²) in [6.45, 7) is 0. The lowest BCUT2D eigenvalue weighted by Gasteiger charge is -2.40. The van der Waals surface area contributed by atoms with Crippen LogP contribution in [0.2, 0.25) is 0 Å². The molecular formula is C16H15BrN2O. The molecule has 0 saturated heterocycles. The third-order valence-electron chi connectivity index (χ3n) is 3.98. The van der Waals surface area contributed by atoms with Crippen molar-refractivity contribution in [1.29, 1.82) is 0 Å². The molecule has 1 fully saturated rings. The maximum atomic E-state index is 12.7. The van der Waals surface area contributed by atoms with Gasteiger partial charge in [-0.15, -0.1) is 0 Å². The molecule has 0 spiro atoms. The number of nitrogens with zero attached hydrogens (tertiary/aromatic N) is 1. The highest BCUT2D eigenvalue weighted by atomic mass is 79.9. The molecule has 0 atom stereocenters. The minimum atomic E-state index is -0.371. The number of hydrogen-bond acceptors (Lipinski definition) is 2. The molecular weight excluding hydrogens is 316 g/mol. The lowest BCUT2D eigenvalue weighted by atomic mass is 9.64. The standard InChI is InChI=1S/C16H15BrN2O/c17-13-4-2-12(3-5-13)16(8-1-9-16)15(20)19-14-6-10-18-11-7-14/h2-7,10-11H,1,8-9H2,(H,18,19,20). The second kappa shape index (κ2) is 5.37. The quantitative estimate of drug-likeness (QED) is 0.927. The summed E-state index contributed by atoms with van der Waals surface area (Å²) in [4.78, 5) is 16.6. The van der Waals surface area contributed by atoms with Gasteiger partial charge in [-0.2, -0.15) is 0 Å². The Balaban J connectivity index is 1.85. The van der Waals surface area contributed by atoms with Crippen molar-refractivity contribution in [3.63, 3.8) is 0 Å². The molecule has 1 aliphatic carbocycles. The van der Waals surface area contributed by atoms with Crippen LogP contribution in [0.15, 0.2) is 53.3 Å². The van der Waals surface area contributed by atoms with Gasteiger partial charge in [0.05, 0.1) is 5.41 Å². The average molecular weight is 331 g/mol. The van der Waals surface area contributed by atoms with Gasteiger partial charge in [0.1, 0.15) is 0 Å². The van der Waals surface area contributed by atoms with Crippen molar-refractivity contribution in [1.82, 2.24) is 4.98 Å². The summed E-state index contributed by atoms with van der Waals surface area (Å²) in [7, 11) is 0. The van der Waals surface area contributed by atoms with Crippen LogP contribution < -0.4 is 5.32 Å². The summed E-state index contributed by atoms with van der Waals surface area (Å²) in [5.74, 6) is 0.0808. The van der Waals surface area contributed by atoms with E-state index < -0.39 is 0 Å². The number of carbonyl (C=O) groups is 1. The predicted molar refractivity (Wildman–Crippen MR) is 82.5 cm³/mol. The average Bonchev–Trinajstić information content (AvgIpc) is 2.41. The summed E-state index contributed by atoms with van der Waals surface area (Å²) >= 11 is 3.44. The number of nitrogens with one attached hydrogen (secondary N) is 1. The fraction of sp³-hybridized carbons (Fsp3) is 0.250. The van der Waals surface area contributed by atoms with Crippen LogP contribution in [0.5, 0.6) is 0 Å². The Labute approximate surface area is 126 Å². The van der Waals surface area contributed by atoms with E-state index in [4.69, 9.17) is 0 Å².